The largest absolute Gasteiger partial charge is 0.393 e. The van der Waals surface area contributed by atoms with Gasteiger partial charge >= 0.3 is 0 Å². The minimum Gasteiger partial charge on any atom is -0.393 e. The van der Waals surface area contributed by atoms with Gasteiger partial charge in [-0.15, -0.1) is 10.2 Å². The average Bonchev–Trinajstić information content (AvgIpc) is 3.01. The molecule has 2 aromatic rings. The van der Waals surface area contributed by atoms with E-state index in [0.29, 0.717) is 11.8 Å². The lowest BCUT2D eigenvalue weighted by Gasteiger charge is -2.37. The van der Waals surface area contributed by atoms with E-state index < -0.39 is 0 Å². The first-order chi connectivity index (χ1) is 10.0. The van der Waals surface area contributed by atoms with E-state index in [-0.39, 0.29) is 12.1 Å². The van der Waals surface area contributed by atoms with Crippen molar-refractivity contribution >= 4 is 16.5 Å². The highest BCUT2D eigenvalue weighted by Crippen LogP contribution is 2.40. The summed E-state index contributed by atoms with van der Waals surface area (Å²) in [5, 5.41) is 27.7. The van der Waals surface area contributed by atoms with Crippen LogP contribution in [0.25, 0.3) is 0 Å². The lowest BCUT2D eigenvalue weighted by Crippen LogP contribution is -2.35. The van der Waals surface area contributed by atoms with Crippen LogP contribution in [0.15, 0.2) is 12.4 Å². The minimum atomic E-state index is -0.170. The molecule has 1 atom stereocenters. The molecule has 6 nitrogen and oxygen atoms in total. The summed E-state index contributed by atoms with van der Waals surface area (Å²) < 4.78 is 1.80. The molecule has 1 fully saturated rings. The second kappa shape index (κ2) is 5.73. The molecule has 0 bridgehead atoms. The van der Waals surface area contributed by atoms with E-state index in [9.17, 15) is 5.11 Å². The highest BCUT2D eigenvalue weighted by Gasteiger charge is 2.36. The molecular formula is C14H21N5OS. The zero-order chi connectivity index (χ0) is 15.0. The van der Waals surface area contributed by atoms with Crippen LogP contribution in [-0.4, -0.2) is 31.2 Å². The van der Waals surface area contributed by atoms with Crippen LogP contribution in [-0.2, 0) is 7.05 Å². The zero-order valence-electron chi connectivity index (χ0n) is 12.5. The van der Waals surface area contributed by atoms with Crippen LogP contribution in [0, 0.1) is 5.92 Å². The first-order valence-corrected chi connectivity index (χ1v) is 8.11. The van der Waals surface area contributed by atoms with Gasteiger partial charge in [-0.3, -0.25) is 4.68 Å². The standard InChI is InChI=1S/C14H21N5OS/c1-8(2)13-17-18-14(21-13)16-12(9-4-11(20)5-9)10-6-15-19(3)7-10/h6-9,11-12,20H,4-5H2,1-3H3,(H,16,18). The molecule has 2 heterocycles. The van der Waals surface area contributed by atoms with Gasteiger partial charge in [-0.05, 0) is 18.8 Å². The molecule has 0 aromatic carbocycles. The van der Waals surface area contributed by atoms with Crippen LogP contribution in [0.2, 0.25) is 0 Å². The summed E-state index contributed by atoms with van der Waals surface area (Å²) in [7, 11) is 1.91. The van der Waals surface area contributed by atoms with Crippen molar-refractivity contribution in [2.75, 3.05) is 5.32 Å². The van der Waals surface area contributed by atoms with E-state index in [1.54, 1.807) is 16.0 Å². The summed E-state index contributed by atoms with van der Waals surface area (Å²) in [6, 6.07) is 0.134. The second-order valence-corrected chi connectivity index (χ2v) is 7.06. The third kappa shape index (κ3) is 3.08. The Hall–Kier alpha value is -1.47. The maximum absolute atomic E-state index is 9.59. The number of hydrogen-bond donors (Lipinski definition) is 2. The van der Waals surface area contributed by atoms with Crippen molar-refractivity contribution in [3.63, 3.8) is 0 Å². The average molecular weight is 307 g/mol. The summed E-state index contributed by atoms with van der Waals surface area (Å²) >= 11 is 1.60. The summed E-state index contributed by atoms with van der Waals surface area (Å²) in [6.45, 7) is 4.23. The Morgan fingerprint density at radius 3 is 2.67 bits per heavy atom. The first kappa shape index (κ1) is 14.5. The third-order valence-corrected chi connectivity index (χ3v) is 5.07. The number of nitrogens with one attached hydrogen (secondary N) is 1. The lowest BCUT2D eigenvalue weighted by atomic mass is 9.75. The second-order valence-electron chi connectivity index (χ2n) is 6.05. The van der Waals surface area contributed by atoms with Gasteiger partial charge < -0.3 is 10.4 Å². The topological polar surface area (TPSA) is 75.9 Å². The number of anilines is 1. The Morgan fingerprint density at radius 2 is 2.14 bits per heavy atom. The highest BCUT2D eigenvalue weighted by molar-refractivity contribution is 7.15. The first-order valence-electron chi connectivity index (χ1n) is 7.29. The lowest BCUT2D eigenvalue weighted by molar-refractivity contribution is 0.0339. The van der Waals surface area contributed by atoms with Gasteiger partial charge in [-0.2, -0.15) is 5.10 Å². The third-order valence-electron chi connectivity index (χ3n) is 3.92. The Bertz CT molecular complexity index is 602. The van der Waals surface area contributed by atoms with Crippen LogP contribution >= 0.6 is 11.3 Å². The Balaban J connectivity index is 1.78. The summed E-state index contributed by atoms with van der Waals surface area (Å²) in [5.74, 6) is 0.802. The molecule has 2 N–H and O–H groups in total. The van der Waals surface area contributed by atoms with Crippen LogP contribution < -0.4 is 5.32 Å². The van der Waals surface area contributed by atoms with E-state index in [1.165, 1.54) is 0 Å². The number of aliphatic hydroxyl groups excluding tert-OH is 1. The van der Waals surface area contributed by atoms with Crippen LogP contribution in [0.3, 0.4) is 0 Å². The zero-order valence-corrected chi connectivity index (χ0v) is 13.3. The molecule has 1 unspecified atom stereocenters. The molecule has 21 heavy (non-hydrogen) atoms. The van der Waals surface area contributed by atoms with Crippen molar-refractivity contribution in [1.29, 1.82) is 0 Å². The molecule has 3 rings (SSSR count). The van der Waals surface area contributed by atoms with Crippen molar-refractivity contribution in [2.24, 2.45) is 13.0 Å². The fraction of sp³-hybridized carbons (Fsp3) is 0.643. The number of nitrogens with zero attached hydrogens (tertiary/aromatic N) is 4. The van der Waals surface area contributed by atoms with Gasteiger partial charge in [0.15, 0.2) is 0 Å². The molecule has 1 saturated carbocycles. The molecule has 0 spiro atoms. The molecule has 7 heteroatoms. The normalized spacial score (nSPS) is 23.1. The van der Waals surface area contributed by atoms with Crippen molar-refractivity contribution < 1.29 is 5.11 Å². The Kier molecular flexibility index (Phi) is 3.95. The van der Waals surface area contributed by atoms with Crippen molar-refractivity contribution in [3.8, 4) is 0 Å². The van der Waals surface area contributed by atoms with Crippen molar-refractivity contribution in [2.45, 2.75) is 44.8 Å². The number of rotatable bonds is 5. The van der Waals surface area contributed by atoms with Gasteiger partial charge in [0.1, 0.15) is 5.01 Å². The van der Waals surface area contributed by atoms with Crippen LogP contribution in [0.4, 0.5) is 5.13 Å². The Morgan fingerprint density at radius 1 is 1.38 bits per heavy atom. The van der Waals surface area contributed by atoms with E-state index in [4.69, 9.17) is 0 Å². The Labute approximate surface area is 128 Å². The van der Waals surface area contributed by atoms with Gasteiger partial charge in [-0.1, -0.05) is 25.2 Å². The molecule has 0 aliphatic heterocycles. The molecule has 1 aliphatic carbocycles. The molecule has 1 aliphatic rings. The number of aryl methyl sites for hydroxylation is 1. The number of aliphatic hydroxyl groups is 1. The van der Waals surface area contributed by atoms with Crippen molar-refractivity contribution in [1.82, 2.24) is 20.0 Å². The maximum atomic E-state index is 9.59. The molecule has 2 aromatic heterocycles. The molecule has 0 amide bonds. The quantitative estimate of drug-likeness (QED) is 0.886. The van der Waals surface area contributed by atoms with Gasteiger partial charge in [0, 0.05) is 24.7 Å². The smallest absolute Gasteiger partial charge is 0.206 e. The molecule has 0 radical (unpaired) electrons. The SMILES string of the molecule is CC(C)c1nnc(NC(c2cnn(C)c2)C2CC(O)C2)s1. The summed E-state index contributed by atoms with van der Waals surface area (Å²) in [6.07, 6.45) is 5.38. The number of aromatic nitrogens is 4. The van der Waals surface area contributed by atoms with Crippen molar-refractivity contribution in [3.05, 3.63) is 23.0 Å². The molecule has 0 saturated heterocycles. The highest BCUT2D eigenvalue weighted by atomic mass is 32.1. The van der Waals surface area contributed by atoms with E-state index in [2.05, 4.69) is 34.5 Å². The predicted octanol–water partition coefficient (Wildman–Crippen LogP) is 2.32. The van der Waals surface area contributed by atoms with E-state index in [0.717, 1.165) is 28.5 Å². The molecular weight excluding hydrogens is 286 g/mol. The summed E-state index contributed by atoms with van der Waals surface area (Å²) in [5.41, 5.74) is 1.13. The maximum Gasteiger partial charge on any atom is 0.206 e. The van der Waals surface area contributed by atoms with Crippen LogP contribution in [0.1, 0.15) is 49.2 Å². The van der Waals surface area contributed by atoms with Crippen LogP contribution in [0.5, 0.6) is 0 Å². The van der Waals surface area contributed by atoms with Gasteiger partial charge in [0.05, 0.1) is 18.3 Å². The number of hydrogen-bond acceptors (Lipinski definition) is 6. The van der Waals surface area contributed by atoms with Gasteiger partial charge in [-0.25, -0.2) is 0 Å². The van der Waals surface area contributed by atoms with E-state index >= 15 is 0 Å². The van der Waals surface area contributed by atoms with Gasteiger partial charge in [0.25, 0.3) is 0 Å². The monoisotopic (exact) mass is 307 g/mol. The predicted molar refractivity (Wildman–Crippen MR) is 82.3 cm³/mol. The van der Waals surface area contributed by atoms with E-state index in [1.807, 2.05) is 19.4 Å². The fourth-order valence-corrected chi connectivity index (χ4v) is 3.42. The fourth-order valence-electron chi connectivity index (χ4n) is 2.64. The minimum absolute atomic E-state index is 0.134. The van der Waals surface area contributed by atoms with Gasteiger partial charge in [0.2, 0.25) is 5.13 Å². The molecule has 114 valence electrons. The summed E-state index contributed by atoms with van der Waals surface area (Å²) in [4.78, 5) is 0.